The lowest BCUT2D eigenvalue weighted by Gasteiger charge is -2.18. The smallest absolute Gasteiger partial charge is 0.122 e. The summed E-state index contributed by atoms with van der Waals surface area (Å²) in [5, 5.41) is 0. The van der Waals surface area contributed by atoms with Gasteiger partial charge >= 0.3 is 0 Å². The first-order valence-corrected chi connectivity index (χ1v) is 7.04. The van der Waals surface area contributed by atoms with E-state index in [0.29, 0.717) is 4.83 Å². The molecule has 0 radical (unpaired) electrons. The zero-order valence-corrected chi connectivity index (χ0v) is 11.6. The highest BCUT2D eigenvalue weighted by atomic mass is 79.9. The first-order chi connectivity index (χ1) is 7.74. The number of rotatable bonds is 2. The second kappa shape index (κ2) is 5.22. The molecule has 1 aromatic rings. The van der Waals surface area contributed by atoms with E-state index in [0.717, 1.165) is 18.8 Å². The van der Waals surface area contributed by atoms with Crippen LogP contribution in [0.3, 0.4) is 0 Å². The van der Waals surface area contributed by atoms with E-state index in [1.807, 2.05) is 0 Å². The second-order valence-corrected chi connectivity index (χ2v) is 5.52. The summed E-state index contributed by atoms with van der Waals surface area (Å²) in [7, 11) is 0. The van der Waals surface area contributed by atoms with Crippen LogP contribution in [0.1, 0.15) is 47.7 Å². The highest BCUT2D eigenvalue weighted by Crippen LogP contribution is 2.40. The Morgan fingerprint density at radius 3 is 2.94 bits per heavy atom. The normalized spacial score (nSPS) is 20.1. The van der Waals surface area contributed by atoms with Crippen LogP contribution < -0.4 is 4.74 Å². The zero-order chi connectivity index (χ0) is 11.5. The molecule has 0 aliphatic heterocycles. The summed E-state index contributed by atoms with van der Waals surface area (Å²) in [4.78, 5) is 0.505. The van der Waals surface area contributed by atoms with Crippen LogP contribution in [0, 0.1) is 6.92 Å². The molecule has 1 nitrogen and oxygen atoms in total. The van der Waals surface area contributed by atoms with Crippen molar-refractivity contribution in [2.75, 3.05) is 6.61 Å². The molecule has 0 aromatic heterocycles. The van der Waals surface area contributed by atoms with Crippen molar-refractivity contribution < 1.29 is 4.74 Å². The molecule has 88 valence electrons. The maximum Gasteiger partial charge on any atom is 0.122 e. The predicted octanol–water partition coefficient (Wildman–Crippen LogP) is 4.56. The zero-order valence-electron chi connectivity index (χ0n) is 10.1. The highest BCUT2D eigenvalue weighted by Gasteiger charge is 2.21. The Morgan fingerprint density at radius 1 is 1.38 bits per heavy atom. The van der Waals surface area contributed by atoms with Crippen molar-refractivity contribution >= 4 is 15.9 Å². The average molecular weight is 283 g/mol. The molecule has 1 unspecified atom stereocenters. The van der Waals surface area contributed by atoms with Crippen molar-refractivity contribution in [3.63, 3.8) is 0 Å². The van der Waals surface area contributed by atoms with Crippen LogP contribution in [-0.4, -0.2) is 6.61 Å². The summed E-state index contributed by atoms with van der Waals surface area (Å²) in [6.07, 6.45) is 4.98. The molecular weight excluding hydrogens is 264 g/mol. The summed E-state index contributed by atoms with van der Waals surface area (Å²) in [6.45, 7) is 5.01. The Bertz CT molecular complexity index is 373. The minimum Gasteiger partial charge on any atom is -0.494 e. The van der Waals surface area contributed by atoms with Crippen LogP contribution in [0.2, 0.25) is 0 Å². The Morgan fingerprint density at radius 2 is 2.19 bits per heavy atom. The van der Waals surface area contributed by atoms with Gasteiger partial charge in [0, 0.05) is 4.83 Å². The van der Waals surface area contributed by atoms with Gasteiger partial charge in [0.05, 0.1) is 6.61 Å². The van der Waals surface area contributed by atoms with E-state index in [9.17, 15) is 0 Å². The van der Waals surface area contributed by atoms with Gasteiger partial charge in [0.15, 0.2) is 0 Å². The molecule has 0 bridgehead atoms. The standard InChI is InChI=1S/C14H19BrO/c1-3-16-13-9-8-10(2)14-11(13)6-4-5-7-12(14)15/h8-9,12H,3-7H2,1-2H3. The molecule has 0 amide bonds. The van der Waals surface area contributed by atoms with Crippen LogP contribution in [0.4, 0.5) is 0 Å². The van der Waals surface area contributed by atoms with Crippen LogP contribution in [-0.2, 0) is 6.42 Å². The van der Waals surface area contributed by atoms with Gasteiger partial charge in [-0.2, -0.15) is 0 Å². The number of benzene rings is 1. The molecule has 0 heterocycles. The number of alkyl halides is 1. The quantitative estimate of drug-likeness (QED) is 0.571. The Hall–Kier alpha value is -0.500. The van der Waals surface area contributed by atoms with Crippen molar-refractivity contribution in [3.8, 4) is 5.75 Å². The molecule has 0 saturated carbocycles. The number of halogens is 1. The second-order valence-electron chi connectivity index (χ2n) is 4.42. The van der Waals surface area contributed by atoms with Crippen molar-refractivity contribution in [3.05, 3.63) is 28.8 Å². The third-order valence-electron chi connectivity index (χ3n) is 3.28. The van der Waals surface area contributed by atoms with Gasteiger partial charge in [-0.1, -0.05) is 28.4 Å². The molecule has 16 heavy (non-hydrogen) atoms. The fourth-order valence-electron chi connectivity index (χ4n) is 2.52. The van der Waals surface area contributed by atoms with Gasteiger partial charge < -0.3 is 4.74 Å². The lowest BCUT2D eigenvalue weighted by atomic mass is 9.97. The topological polar surface area (TPSA) is 9.23 Å². The SMILES string of the molecule is CCOc1ccc(C)c2c1CCCCC2Br. The molecule has 1 aliphatic rings. The highest BCUT2D eigenvalue weighted by molar-refractivity contribution is 9.09. The van der Waals surface area contributed by atoms with Gasteiger partial charge in [0.1, 0.15) is 5.75 Å². The number of ether oxygens (including phenoxy) is 1. The van der Waals surface area contributed by atoms with Gasteiger partial charge in [-0.25, -0.2) is 0 Å². The molecule has 1 aromatic carbocycles. The van der Waals surface area contributed by atoms with Crippen LogP contribution >= 0.6 is 15.9 Å². The molecule has 2 heteroatoms. The molecule has 0 fully saturated rings. The number of hydrogen-bond acceptors (Lipinski definition) is 1. The summed E-state index contributed by atoms with van der Waals surface area (Å²) < 4.78 is 5.74. The van der Waals surface area contributed by atoms with E-state index in [2.05, 4.69) is 41.9 Å². The number of fused-ring (bicyclic) bond motifs is 1. The van der Waals surface area contributed by atoms with E-state index in [-0.39, 0.29) is 0 Å². The van der Waals surface area contributed by atoms with Crippen LogP contribution in [0.5, 0.6) is 5.75 Å². The van der Waals surface area contributed by atoms with Crippen molar-refractivity contribution in [2.45, 2.75) is 44.4 Å². The molecule has 0 saturated heterocycles. The molecule has 0 N–H and O–H groups in total. The minimum absolute atomic E-state index is 0.505. The average Bonchev–Trinajstić information content (AvgIpc) is 2.46. The lowest BCUT2D eigenvalue weighted by Crippen LogP contribution is -2.02. The van der Waals surface area contributed by atoms with Gasteiger partial charge in [-0.15, -0.1) is 0 Å². The fourth-order valence-corrected chi connectivity index (χ4v) is 3.48. The van der Waals surface area contributed by atoms with E-state index >= 15 is 0 Å². The minimum atomic E-state index is 0.505. The van der Waals surface area contributed by atoms with Crippen LogP contribution in [0.25, 0.3) is 0 Å². The van der Waals surface area contributed by atoms with Gasteiger partial charge in [0.25, 0.3) is 0 Å². The molecule has 1 atom stereocenters. The maximum absolute atomic E-state index is 5.74. The van der Waals surface area contributed by atoms with E-state index in [1.165, 1.54) is 36.0 Å². The Balaban J connectivity index is 2.48. The summed E-state index contributed by atoms with van der Waals surface area (Å²) in [6, 6.07) is 4.31. The van der Waals surface area contributed by atoms with Crippen molar-refractivity contribution in [1.29, 1.82) is 0 Å². The third-order valence-corrected chi connectivity index (χ3v) is 4.20. The van der Waals surface area contributed by atoms with E-state index in [1.54, 1.807) is 0 Å². The lowest BCUT2D eigenvalue weighted by molar-refractivity contribution is 0.336. The Kier molecular flexibility index (Phi) is 3.91. The first kappa shape index (κ1) is 12.0. The summed E-state index contributed by atoms with van der Waals surface area (Å²) >= 11 is 3.82. The van der Waals surface area contributed by atoms with Gasteiger partial charge in [0.2, 0.25) is 0 Å². The third kappa shape index (κ3) is 2.27. The van der Waals surface area contributed by atoms with E-state index < -0.39 is 0 Å². The number of aryl methyl sites for hydroxylation is 1. The summed E-state index contributed by atoms with van der Waals surface area (Å²) in [5.74, 6) is 1.09. The van der Waals surface area contributed by atoms with Crippen molar-refractivity contribution in [2.24, 2.45) is 0 Å². The predicted molar refractivity (Wildman–Crippen MR) is 71.6 cm³/mol. The van der Waals surface area contributed by atoms with Gasteiger partial charge in [-0.3, -0.25) is 0 Å². The monoisotopic (exact) mass is 282 g/mol. The summed E-state index contributed by atoms with van der Waals surface area (Å²) in [5.41, 5.74) is 4.30. The maximum atomic E-state index is 5.74. The Labute approximate surface area is 106 Å². The van der Waals surface area contributed by atoms with Gasteiger partial charge in [-0.05, 0) is 55.9 Å². The van der Waals surface area contributed by atoms with Crippen LogP contribution in [0.15, 0.2) is 12.1 Å². The number of hydrogen-bond donors (Lipinski definition) is 0. The molecule has 0 spiro atoms. The largest absolute Gasteiger partial charge is 0.494 e. The first-order valence-electron chi connectivity index (χ1n) is 6.13. The molecule has 2 rings (SSSR count). The molecule has 1 aliphatic carbocycles. The van der Waals surface area contributed by atoms with E-state index in [4.69, 9.17) is 4.74 Å². The van der Waals surface area contributed by atoms with Crippen molar-refractivity contribution in [1.82, 2.24) is 0 Å². The fraction of sp³-hybridized carbons (Fsp3) is 0.571. The molecular formula is C14H19BrO.